The number of rotatable bonds is 9. The summed E-state index contributed by atoms with van der Waals surface area (Å²) in [6.45, 7) is 6.54. The summed E-state index contributed by atoms with van der Waals surface area (Å²) in [5, 5.41) is 0. The molecule has 0 aromatic carbocycles. The number of ether oxygens (including phenoxy) is 1. The predicted octanol–water partition coefficient (Wildman–Crippen LogP) is 3.36. The first-order chi connectivity index (χ1) is 8.22. The van der Waals surface area contributed by atoms with Gasteiger partial charge < -0.3 is 9.30 Å². The van der Waals surface area contributed by atoms with Crippen LogP contribution in [0.3, 0.4) is 0 Å². The Bertz CT molecular complexity index is 270. The van der Waals surface area contributed by atoms with Crippen molar-refractivity contribution in [3.63, 3.8) is 0 Å². The first-order valence-corrected chi connectivity index (χ1v) is 6.67. The lowest BCUT2D eigenvalue weighted by Gasteiger charge is -2.17. The van der Waals surface area contributed by atoms with E-state index in [4.69, 9.17) is 4.74 Å². The van der Waals surface area contributed by atoms with Gasteiger partial charge >= 0.3 is 0 Å². The highest BCUT2D eigenvalue weighted by Gasteiger charge is 2.09. The summed E-state index contributed by atoms with van der Waals surface area (Å²) in [6.07, 6.45) is 10.8. The van der Waals surface area contributed by atoms with Gasteiger partial charge in [-0.1, -0.05) is 20.3 Å². The highest BCUT2D eigenvalue weighted by atomic mass is 16.5. The predicted molar refractivity (Wildman–Crippen MR) is 70.9 cm³/mol. The molecular weight excluding hydrogens is 212 g/mol. The zero-order chi connectivity index (χ0) is 12.5. The summed E-state index contributed by atoms with van der Waals surface area (Å²) >= 11 is 0. The Labute approximate surface area is 105 Å². The molecule has 0 saturated heterocycles. The van der Waals surface area contributed by atoms with Crippen molar-refractivity contribution < 1.29 is 4.74 Å². The number of imidazole rings is 1. The van der Waals surface area contributed by atoms with Gasteiger partial charge in [-0.15, -0.1) is 0 Å². The molecule has 1 rings (SSSR count). The van der Waals surface area contributed by atoms with Crippen molar-refractivity contribution >= 4 is 0 Å². The number of methoxy groups -OCH3 is 1. The van der Waals surface area contributed by atoms with Crippen LogP contribution in [-0.4, -0.2) is 23.3 Å². The molecule has 0 aliphatic heterocycles. The van der Waals surface area contributed by atoms with E-state index in [-0.39, 0.29) is 0 Å². The first-order valence-electron chi connectivity index (χ1n) is 6.67. The van der Waals surface area contributed by atoms with E-state index < -0.39 is 0 Å². The summed E-state index contributed by atoms with van der Waals surface area (Å²) in [5.74, 6) is 1.51. The Kier molecular flexibility index (Phi) is 6.94. The van der Waals surface area contributed by atoms with Crippen molar-refractivity contribution in [3.8, 4) is 0 Å². The van der Waals surface area contributed by atoms with Gasteiger partial charge in [0, 0.05) is 32.7 Å². The van der Waals surface area contributed by atoms with Gasteiger partial charge in [0.1, 0.15) is 0 Å². The molecule has 0 aliphatic rings. The fourth-order valence-electron chi connectivity index (χ4n) is 2.10. The topological polar surface area (TPSA) is 27.1 Å². The number of hydrogen-bond acceptors (Lipinski definition) is 2. The summed E-state index contributed by atoms with van der Waals surface area (Å²) in [6, 6.07) is 0. The van der Waals surface area contributed by atoms with Crippen LogP contribution in [0.4, 0.5) is 0 Å². The van der Waals surface area contributed by atoms with Crippen LogP contribution in [0.2, 0.25) is 0 Å². The minimum Gasteiger partial charge on any atom is -0.384 e. The zero-order valence-corrected chi connectivity index (χ0v) is 11.4. The van der Waals surface area contributed by atoms with Crippen LogP contribution in [0.1, 0.15) is 39.5 Å². The van der Waals surface area contributed by atoms with Crippen LogP contribution < -0.4 is 0 Å². The number of aryl methyl sites for hydroxylation is 1. The molecule has 0 aliphatic carbocycles. The number of aromatic nitrogens is 2. The van der Waals surface area contributed by atoms with Crippen molar-refractivity contribution in [3.05, 3.63) is 18.7 Å². The second-order valence-corrected chi connectivity index (χ2v) is 5.24. The summed E-state index contributed by atoms with van der Waals surface area (Å²) in [4.78, 5) is 4.05. The molecule has 0 radical (unpaired) electrons. The Hall–Kier alpha value is -0.830. The molecule has 0 fully saturated rings. The van der Waals surface area contributed by atoms with Gasteiger partial charge in [-0.2, -0.15) is 0 Å². The Balaban J connectivity index is 2.19. The van der Waals surface area contributed by atoms with Gasteiger partial charge in [0.15, 0.2) is 0 Å². The van der Waals surface area contributed by atoms with Crippen molar-refractivity contribution in [2.45, 2.75) is 46.1 Å². The second kappa shape index (κ2) is 8.29. The minimum atomic E-state index is 0.714. The molecule has 1 atom stereocenters. The lowest BCUT2D eigenvalue weighted by molar-refractivity contribution is 0.138. The van der Waals surface area contributed by atoms with Crippen LogP contribution >= 0.6 is 0 Å². The lowest BCUT2D eigenvalue weighted by atomic mass is 9.94. The fraction of sp³-hybridized carbons (Fsp3) is 0.786. The molecule has 3 heteroatoms. The van der Waals surface area contributed by atoms with E-state index in [1.807, 2.05) is 18.7 Å². The van der Waals surface area contributed by atoms with Crippen molar-refractivity contribution in [1.29, 1.82) is 0 Å². The molecule has 98 valence electrons. The molecule has 0 N–H and O–H groups in total. The Morgan fingerprint density at radius 3 is 2.65 bits per heavy atom. The molecule has 0 amide bonds. The van der Waals surface area contributed by atoms with Crippen LogP contribution in [0.15, 0.2) is 18.7 Å². The molecule has 17 heavy (non-hydrogen) atoms. The van der Waals surface area contributed by atoms with Gasteiger partial charge in [-0.3, -0.25) is 0 Å². The van der Waals surface area contributed by atoms with Crippen LogP contribution in [-0.2, 0) is 11.3 Å². The average Bonchev–Trinajstić information content (AvgIpc) is 2.78. The highest BCUT2D eigenvalue weighted by molar-refractivity contribution is 4.74. The number of hydrogen-bond donors (Lipinski definition) is 0. The Morgan fingerprint density at radius 1 is 1.24 bits per heavy atom. The lowest BCUT2D eigenvalue weighted by Crippen LogP contribution is -2.10. The molecule has 3 nitrogen and oxygen atoms in total. The van der Waals surface area contributed by atoms with Crippen molar-refractivity contribution in [1.82, 2.24) is 9.55 Å². The van der Waals surface area contributed by atoms with Crippen molar-refractivity contribution in [2.24, 2.45) is 11.8 Å². The molecule has 0 bridgehead atoms. The van der Waals surface area contributed by atoms with E-state index in [0.717, 1.165) is 19.1 Å². The van der Waals surface area contributed by atoms with Gasteiger partial charge in [0.2, 0.25) is 0 Å². The normalized spacial score (nSPS) is 13.2. The smallest absolute Gasteiger partial charge is 0.0945 e. The third-order valence-electron chi connectivity index (χ3n) is 3.14. The van der Waals surface area contributed by atoms with Gasteiger partial charge in [0.25, 0.3) is 0 Å². The maximum atomic E-state index is 5.30. The summed E-state index contributed by atoms with van der Waals surface area (Å²) in [5.41, 5.74) is 0. The summed E-state index contributed by atoms with van der Waals surface area (Å²) in [7, 11) is 1.80. The maximum absolute atomic E-state index is 5.30. The van der Waals surface area contributed by atoms with Crippen LogP contribution in [0, 0.1) is 11.8 Å². The van der Waals surface area contributed by atoms with E-state index in [1.165, 1.54) is 25.7 Å². The molecule has 1 aromatic heterocycles. The summed E-state index contributed by atoms with van der Waals surface area (Å²) < 4.78 is 7.45. The average molecular weight is 238 g/mol. The minimum absolute atomic E-state index is 0.714. The van der Waals surface area contributed by atoms with Gasteiger partial charge in [-0.05, 0) is 31.1 Å². The molecular formula is C14H26N2O. The Morgan fingerprint density at radius 2 is 2.06 bits per heavy atom. The second-order valence-electron chi connectivity index (χ2n) is 5.24. The third-order valence-corrected chi connectivity index (χ3v) is 3.14. The monoisotopic (exact) mass is 238 g/mol. The zero-order valence-electron chi connectivity index (χ0n) is 11.4. The molecule has 0 saturated carbocycles. The molecule has 1 heterocycles. The maximum Gasteiger partial charge on any atom is 0.0945 e. The van der Waals surface area contributed by atoms with E-state index in [9.17, 15) is 0 Å². The third kappa shape index (κ3) is 6.47. The standard InChI is InChI=1S/C14H26N2O/c1-13(2)6-7-14(11-17-3)5-4-9-16-10-8-15-12-16/h8,10,12-14H,4-7,9,11H2,1-3H3/t14-/m1/s1. The molecule has 0 spiro atoms. The van der Waals surface area contributed by atoms with E-state index in [1.54, 1.807) is 7.11 Å². The molecule has 1 aromatic rings. The van der Waals surface area contributed by atoms with E-state index in [0.29, 0.717) is 5.92 Å². The van der Waals surface area contributed by atoms with Crippen molar-refractivity contribution in [2.75, 3.05) is 13.7 Å². The number of nitrogens with zero attached hydrogens (tertiary/aromatic N) is 2. The highest BCUT2D eigenvalue weighted by Crippen LogP contribution is 2.18. The fourth-order valence-corrected chi connectivity index (χ4v) is 2.10. The van der Waals surface area contributed by atoms with E-state index >= 15 is 0 Å². The van der Waals surface area contributed by atoms with Gasteiger partial charge in [0.05, 0.1) is 6.33 Å². The van der Waals surface area contributed by atoms with Crippen LogP contribution in [0.25, 0.3) is 0 Å². The first kappa shape index (κ1) is 14.2. The van der Waals surface area contributed by atoms with Gasteiger partial charge in [-0.25, -0.2) is 4.98 Å². The largest absolute Gasteiger partial charge is 0.384 e. The SMILES string of the molecule is COC[C@H](CCCn1ccnc1)CCC(C)C. The molecule has 0 unspecified atom stereocenters. The van der Waals surface area contributed by atoms with Crippen LogP contribution in [0.5, 0.6) is 0 Å². The van der Waals surface area contributed by atoms with E-state index in [2.05, 4.69) is 23.4 Å². The quantitative estimate of drug-likeness (QED) is 0.659.